The molecule has 27 heavy (non-hydrogen) atoms. The Balaban J connectivity index is 1.39. The molecule has 0 aromatic heterocycles. The molecular formula is C22H30BrFN2O. The number of nitrogens with one attached hydrogen (secondary N) is 1. The third-order valence-corrected chi connectivity index (χ3v) is 7.92. The highest BCUT2D eigenvalue weighted by atomic mass is 79.9. The zero-order chi connectivity index (χ0) is 19.2. The fourth-order valence-corrected chi connectivity index (χ4v) is 7.98. The van der Waals surface area contributed by atoms with Gasteiger partial charge in [0.25, 0.3) is 0 Å². The molecule has 4 aliphatic rings. The number of benzene rings is 1. The number of alkyl halides is 1. The van der Waals surface area contributed by atoms with Crippen molar-refractivity contribution in [3.63, 3.8) is 0 Å². The molecular weight excluding hydrogens is 407 g/mol. The first kappa shape index (κ1) is 19.4. The fraction of sp³-hybridized carbons (Fsp3) is 0.682. The highest BCUT2D eigenvalue weighted by Crippen LogP contribution is 2.65. The van der Waals surface area contributed by atoms with Gasteiger partial charge in [-0.15, -0.1) is 0 Å². The first-order chi connectivity index (χ1) is 12.8. The van der Waals surface area contributed by atoms with E-state index in [1.54, 1.807) is 12.1 Å². The maximum atomic E-state index is 13.6. The second-order valence-corrected chi connectivity index (χ2v) is 11.3. The molecule has 1 amide bonds. The summed E-state index contributed by atoms with van der Waals surface area (Å²) in [5.74, 6) is 1.50. The quantitative estimate of drug-likeness (QED) is 0.657. The standard InChI is InChI=1S/C22H30BrFN2O/c1-26(2)19(17-4-3-5-18(24)7-17)13-25-20(27)12-21-8-15-6-16(9-21)11-22(23,10-15)14-21/h3-5,7,15-16,19H,6,8-14H2,1-2H3,(H,25,27). The van der Waals surface area contributed by atoms with Gasteiger partial charge < -0.3 is 10.2 Å². The Morgan fingerprint density at radius 3 is 2.59 bits per heavy atom. The molecule has 148 valence electrons. The van der Waals surface area contributed by atoms with E-state index in [4.69, 9.17) is 0 Å². The van der Waals surface area contributed by atoms with Crippen LogP contribution in [0.1, 0.15) is 56.6 Å². The summed E-state index contributed by atoms with van der Waals surface area (Å²) in [4.78, 5) is 14.9. The Morgan fingerprint density at radius 1 is 1.30 bits per heavy atom. The number of hydrogen-bond donors (Lipinski definition) is 1. The number of carbonyl (C=O) groups excluding carboxylic acids is 1. The SMILES string of the molecule is CN(C)C(CNC(=O)CC12CC3CC(CC(Br)(C3)C1)C2)c1cccc(F)c1. The lowest BCUT2D eigenvalue weighted by Crippen LogP contribution is -2.54. The Labute approximate surface area is 170 Å². The lowest BCUT2D eigenvalue weighted by atomic mass is 9.48. The Hall–Kier alpha value is -0.940. The zero-order valence-corrected chi connectivity index (χ0v) is 17.9. The molecule has 4 aliphatic carbocycles. The minimum absolute atomic E-state index is 0.0245. The molecule has 0 heterocycles. The molecule has 0 saturated heterocycles. The number of nitrogens with zero attached hydrogens (tertiary/aromatic N) is 1. The molecule has 1 N–H and O–H groups in total. The summed E-state index contributed by atoms with van der Waals surface area (Å²) >= 11 is 4.03. The van der Waals surface area contributed by atoms with Crippen LogP contribution >= 0.6 is 15.9 Å². The summed E-state index contributed by atoms with van der Waals surface area (Å²) in [5, 5.41) is 3.15. The maximum absolute atomic E-state index is 13.6. The Morgan fingerprint density at radius 2 is 2.00 bits per heavy atom. The highest BCUT2D eigenvalue weighted by Gasteiger charge is 2.57. The predicted molar refractivity (Wildman–Crippen MR) is 109 cm³/mol. The molecule has 1 aromatic rings. The molecule has 4 saturated carbocycles. The summed E-state index contributed by atoms with van der Waals surface area (Å²) in [6.07, 6.45) is 8.14. The molecule has 3 unspecified atom stereocenters. The molecule has 3 nitrogen and oxygen atoms in total. The van der Waals surface area contributed by atoms with E-state index in [1.165, 1.54) is 38.2 Å². The molecule has 0 aliphatic heterocycles. The van der Waals surface area contributed by atoms with E-state index in [0.29, 0.717) is 13.0 Å². The molecule has 5 heteroatoms. The van der Waals surface area contributed by atoms with Crippen LogP contribution in [0.4, 0.5) is 4.39 Å². The van der Waals surface area contributed by atoms with Gasteiger partial charge in [-0.05, 0) is 87.6 Å². The van der Waals surface area contributed by atoms with Gasteiger partial charge in [-0.3, -0.25) is 4.79 Å². The molecule has 1 aromatic carbocycles. The summed E-state index contributed by atoms with van der Waals surface area (Å²) in [6, 6.07) is 6.65. The van der Waals surface area contributed by atoms with E-state index in [1.807, 2.05) is 25.1 Å². The largest absolute Gasteiger partial charge is 0.354 e. The van der Waals surface area contributed by atoms with E-state index in [0.717, 1.165) is 23.8 Å². The van der Waals surface area contributed by atoms with Crippen LogP contribution in [0.3, 0.4) is 0 Å². The zero-order valence-electron chi connectivity index (χ0n) is 16.3. The van der Waals surface area contributed by atoms with Gasteiger partial charge in [-0.1, -0.05) is 28.1 Å². The third-order valence-electron chi connectivity index (χ3n) is 7.00. The van der Waals surface area contributed by atoms with Crippen LogP contribution in [0, 0.1) is 23.1 Å². The van der Waals surface area contributed by atoms with Gasteiger partial charge >= 0.3 is 0 Å². The monoisotopic (exact) mass is 436 g/mol. The topological polar surface area (TPSA) is 32.3 Å². The lowest BCUT2D eigenvalue weighted by Gasteiger charge is -2.60. The number of rotatable bonds is 6. The van der Waals surface area contributed by atoms with Crippen LogP contribution < -0.4 is 5.32 Å². The van der Waals surface area contributed by atoms with Crippen molar-refractivity contribution in [1.82, 2.24) is 10.2 Å². The van der Waals surface area contributed by atoms with E-state index in [-0.39, 0.29) is 27.5 Å². The van der Waals surface area contributed by atoms with Crippen LogP contribution in [0.15, 0.2) is 24.3 Å². The van der Waals surface area contributed by atoms with Gasteiger partial charge in [0, 0.05) is 17.3 Å². The number of amides is 1. The lowest BCUT2D eigenvalue weighted by molar-refractivity contribution is -0.128. The number of hydrogen-bond acceptors (Lipinski definition) is 2. The molecule has 0 spiro atoms. The van der Waals surface area contributed by atoms with Crippen LogP contribution in [-0.4, -0.2) is 35.8 Å². The minimum atomic E-state index is -0.234. The summed E-state index contributed by atoms with van der Waals surface area (Å²) in [6.45, 7) is 0.512. The summed E-state index contributed by atoms with van der Waals surface area (Å²) < 4.78 is 13.9. The molecule has 3 atom stereocenters. The van der Waals surface area contributed by atoms with E-state index in [9.17, 15) is 9.18 Å². The van der Waals surface area contributed by atoms with Gasteiger partial charge in [0.15, 0.2) is 0 Å². The van der Waals surface area contributed by atoms with Gasteiger partial charge in [0.2, 0.25) is 5.91 Å². The molecule has 4 fully saturated rings. The second kappa shape index (κ2) is 7.14. The van der Waals surface area contributed by atoms with E-state index >= 15 is 0 Å². The first-order valence-corrected chi connectivity index (χ1v) is 10.9. The average Bonchev–Trinajstić information content (AvgIpc) is 2.51. The van der Waals surface area contributed by atoms with Gasteiger partial charge in [0.05, 0.1) is 6.04 Å². The van der Waals surface area contributed by atoms with Crippen LogP contribution in [0.25, 0.3) is 0 Å². The van der Waals surface area contributed by atoms with Crippen molar-refractivity contribution in [3.8, 4) is 0 Å². The minimum Gasteiger partial charge on any atom is -0.354 e. The third kappa shape index (κ3) is 4.09. The average molecular weight is 437 g/mol. The highest BCUT2D eigenvalue weighted by molar-refractivity contribution is 9.10. The van der Waals surface area contributed by atoms with Crippen LogP contribution in [0.2, 0.25) is 0 Å². The van der Waals surface area contributed by atoms with Crippen molar-refractivity contribution in [2.45, 2.75) is 55.3 Å². The number of likely N-dealkylation sites (N-methyl/N-ethyl adjacent to an activating group) is 1. The molecule has 4 bridgehead atoms. The number of carbonyl (C=O) groups is 1. The number of halogens is 2. The fourth-order valence-electron chi connectivity index (χ4n) is 6.47. The van der Waals surface area contributed by atoms with E-state index < -0.39 is 0 Å². The van der Waals surface area contributed by atoms with Gasteiger partial charge in [-0.25, -0.2) is 4.39 Å². The summed E-state index contributed by atoms with van der Waals surface area (Å²) in [7, 11) is 3.94. The Bertz CT molecular complexity index is 708. The van der Waals surface area contributed by atoms with E-state index in [2.05, 4.69) is 21.2 Å². The van der Waals surface area contributed by atoms with Crippen LogP contribution in [0.5, 0.6) is 0 Å². The van der Waals surface area contributed by atoms with Crippen molar-refractivity contribution in [1.29, 1.82) is 0 Å². The smallest absolute Gasteiger partial charge is 0.220 e. The van der Waals surface area contributed by atoms with Crippen molar-refractivity contribution >= 4 is 21.8 Å². The van der Waals surface area contributed by atoms with Crippen LogP contribution in [-0.2, 0) is 4.79 Å². The van der Waals surface area contributed by atoms with Gasteiger partial charge in [0.1, 0.15) is 5.82 Å². The van der Waals surface area contributed by atoms with Crippen molar-refractivity contribution in [2.24, 2.45) is 17.3 Å². The maximum Gasteiger partial charge on any atom is 0.220 e. The molecule has 5 rings (SSSR count). The normalized spacial score (nSPS) is 35.4. The van der Waals surface area contributed by atoms with Crippen molar-refractivity contribution < 1.29 is 9.18 Å². The van der Waals surface area contributed by atoms with Gasteiger partial charge in [-0.2, -0.15) is 0 Å². The Kier molecular flexibility index (Phi) is 5.13. The first-order valence-electron chi connectivity index (χ1n) is 10.1. The van der Waals surface area contributed by atoms with Crippen molar-refractivity contribution in [3.05, 3.63) is 35.6 Å². The van der Waals surface area contributed by atoms with Crippen molar-refractivity contribution in [2.75, 3.05) is 20.6 Å². The molecule has 0 radical (unpaired) electrons. The second-order valence-electron chi connectivity index (χ2n) is 9.63. The summed E-state index contributed by atoms with van der Waals surface area (Å²) in [5.41, 5.74) is 1.08. The predicted octanol–water partition coefficient (Wildman–Crippen LogP) is 4.67.